The molecule has 0 fully saturated rings. The van der Waals surface area contributed by atoms with Gasteiger partial charge in [-0.25, -0.2) is 4.68 Å². The topological polar surface area (TPSA) is 133 Å². The first-order valence-corrected chi connectivity index (χ1v) is 16.2. The highest BCUT2D eigenvalue weighted by molar-refractivity contribution is 7.84. The SMILES string of the molecule is COc1ccc2cc1[C@@H](C)N1Cc3cc(ccc3OS1(=O)=O)OCCCCCCn1nnc3c(C)c(ccc31)[C@@H]2CC(=O)O. The molecule has 1 N–H and O–H groups in total. The highest BCUT2D eigenvalue weighted by Crippen LogP contribution is 2.41. The van der Waals surface area contributed by atoms with Gasteiger partial charge in [0.1, 0.15) is 22.8 Å². The molecule has 1 unspecified atom stereocenters. The van der Waals surface area contributed by atoms with Gasteiger partial charge < -0.3 is 18.8 Å². The van der Waals surface area contributed by atoms with Crippen LogP contribution in [0.4, 0.5) is 0 Å². The van der Waals surface area contributed by atoms with Gasteiger partial charge >= 0.3 is 16.3 Å². The van der Waals surface area contributed by atoms with Crippen LogP contribution in [-0.4, -0.2) is 52.5 Å². The summed E-state index contributed by atoms with van der Waals surface area (Å²) in [5, 5.41) is 18.8. The fourth-order valence-corrected chi connectivity index (χ4v) is 7.54. The number of methoxy groups -OCH3 is 1. The first-order valence-electron chi connectivity index (χ1n) is 14.9. The summed E-state index contributed by atoms with van der Waals surface area (Å²) in [6, 6.07) is 13.8. The Hall–Kier alpha value is -4.16. The third kappa shape index (κ3) is 5.71. The maximum absolute atomic E-state index is 13.4. The van der Waals surface area contributed by atoms with E-state index in [9.17, 15) is 18.3 Å². The quantitative estimate of drug-likeness (QED) is 0.315. The van der Waals surface area contributed by atoms with Crippen LogP contribution in [-0.2, 0) is 28.2 Å². The van der Waals surface area contributed by atoms with Crippen molar-refractivity contribution in [3.8, 4) is 17.2 Å². The van der Waals surface area contributed by atoms with E-state index in [4.69, 9.17) is 13.7 Å². The molecule has 0 radical (unpaired) electrons. The minimum absolute atomic E-state index is 0.0768. The van der Waals surface area contributed by atoms with E-state index >= 15 is 0 Å². The summed E-state index contributed by atoms with van der Waals surface area (Å²) in [6.45, 7) is 5.08. The monoisotopic (exact) mass is 620 g/mol. The van der Waals surface area contributed by atoms with E-state index in [2.05, 4.69) is 10.3 Å². The molecule has 3 atom stereocenters. The molecule has 44 heavy (non-hydrogen) atoms. The number of nitrogens with zero attached hydrogens (tertiary/aromatic N) is 4. The van der Waals surface area contributed by atoms with Crippen molar-refractivity contribution in [1.29, 1.82) is 0 Å². The highest BCUT2D eigenvalue weighted by Gasteiger charge is 2.37. The molecule has 4 aromatic rings. The van der Waals surface area contributed by atoms with Crippen molar-refractivity contribution in [3.63, 3.8) is 0 Å². The Bertz CT molecular complexity index is 1820. The predicted molar refractivity (Wildman–Crippen MR) is 163 cm³/mol. The number of aryl methyl sites for hydroxylation is 2. The van der Waals surface area contributed by atoms with Gasteiger partial charge in [0.05, 0.1) is 31.7 Å². The second-order valence-electron chi connectivity index (χ2n) is 11.4. The number of rotatable bonds is 3. The molecule has 9 bridgehead atoms. The van der Waals surface area contributed by atoms with Crippen molar-refractivity contribution < 1.29 is 32.0 Å². The van der Waals surface area contributed by atoms with Gasteiger partial charge in [0.2, 0.25) is 0 Å². The highest BCUT2D eigenvalue weighted by atomic mass is 32.2. The van der Waals surface area contributed by atoms with Crippen molar-refractivity contribution >= 4 is 27.3 Å². The van der Waals surface area contributed by atoms with Crippen LogP contribution in [0.1, 0.15) is 78.8 Å². The van der Waals surface area contributed by atoms with E-state index in [0.29, 0.717) is 29.2 Å². The Balaban J connectivity index is 1.48. The fraction of sp³-hybridized carbons (Fsp3) is 0.406. The number of aliphatic carboxylic acids is 1. The lowest BCUT2D eigenvalue weighted by Gasteiger charge is -2.33. The minimum atomic E-state index is -4.15. The largest absolute Gasteiger partial charge is 0.496 e. The number of benzene rings is 3. The first kappa shape index (κ1) is 29.9. The molecule has 0 aliphatic carbocycles. The molecule has 1 aromatic heterocycles. The third-order valence-corrected chi connectivity index (χ3v) is 10.1. The normalized spacial score (nSPS) is 21.7. The molecule has 0 saturated heterocycles. The van der Waals surface area contributed by atoms with Gasteiger partial charge in [-0.15, -0.1) is 5.10 Å². The molecule has 0 spiro atoms. The Kier molecular flexibility index (Phi) is 8.21. The average molecular weight is 621 g/mol. The number of aromatic nitrogens is 3. The predicted octanol–water partition coefficient (Wildman–Crippen LogP) is 5.51. The van der Waals surface area contributed by atoms with Crippen molar-refractivity contribution in [3.05, 3.63) is 76.3 Å². The number of ether oxygens (including phenoxy) is 2. The minimum Gasteiger partial charge on any atom is -0.496 e. The Labute approximate surface area is 256 Å². The molecule has 3 aliphatic rings. The zero-order valence-corrected chi connectivity index (χ0v) is 25.8. The average Bonchev–Trinajstić information content (AvgIpc) is 3.41. The van der Waals surface area contributed by atoms with Gasteiger partial charge in [0, 0.05) is 30.1 Å². The number of hydrogen-bond acceptors (Lipinski definition) is 8. The molecule has 232 valence electrons. The summed E-state index contributed by atoms with van der Waals surface area (Å²) >= 11 is 0. The maximum Gasteiger partial charge on any atom is 0.386 e. The van der Waals surface area contributed by atoms with Crippen molar-refractivity contribution in [2.75, 3.05) is 13.7 Å². The van der Waals surface area contributed by atoms with Crippen LogP contribution in [0.5, 0.6) is 17.2 Å². The number of hydrogen-bond donors (Lipinski definition) is 1. The molecule has 3 aliphatic heterocycles. The molecule has 0 saturated carbocycles. The second kappa shape index (κ2) is 12.1. The lowest BCUT2D eigenvalue weighted by molar-refractivity contribution is -0.137. The van der Waals surface area contributed by atoms with Crippen LogP contribution in [0.2, 0.25) is 0 Å². The van der Waals surface area contributed by atoms with E-state index in [1.807, 2.05) is 41.9 Å². The first-order chi connectivity index (χ1) is 21.2. The van der Waals surface area contributed by atoms with Gasteiger partial charge in [-0.2, -0.15) is 12.7 Å². The van der Waals surface area contributed by atoms with Crippen LogP contribution >= 0.6 is 0 Å². The summed E-state index contributed by atoms with van der Waals surface area (Å²) in [6.07, 6.45) is 3.65. The summed E-state index contributed by atoms with van der Waals surface area (Å²) in [5.74, 6) is -0.0601. The summed E-state index contributed by atoms with van der Waals surface area (Å²) in [4.78, 5) is 12.2. The van der Waals surface area contributed by atoms with E-state index in [1.54, 1.807) is 25.1 Å². The van der Waals surface area contributed by atoms with Gasteiger partial charge in [0.15, 0.2) is 0 Å². The van der Waals surface area contributed by atoms with E-state index in [1.165, 1.54) is 11.4 Å². The van der Waals surface area contributed by atoms with Gasteiger partial charge in [-0.1, -0.05) is 23.8 Å². The lowest BCUT2D eigenvalue weighted by Crippen LogP contribution is -2.39. The van der Waals surface area contributed by atoms with Crippen LogP contribution < -0.4 is 13.7 Å². The standard InChI is InChI=1S/C32H36N4O7S/c1-20-25-10-11-28-32(20)33-34-35(28)14-6-4-5-7-15-42-24-9-13-29-23(16-24)19-36(44(39,40)43-29)21(2)26-17-22(8-12-30(26)41-3)27(25)18-31(37)38/h8-13,16-17,21,27H,4-7,14-15,18-19H2,1-3H3,(H,37,38)/t21-,27-/m1/s1. The molecule has 0 amide bonds. The second-order valence-corrected chi connectivity index (χ2v) is 12.9. The third-order valence-electron chi connectivity index (χ3n) is 8.65. The van der Waals surface area contributed by atoms with Gasteiger partial charge in [-0.3, -0.25) is 4.79 Å². The van der Waals surface area contributed by atoms with Crippen LogP contribution in [0.15, 0.2) is 48.5 Å². The number of carboxylic acid groups (broad SMARTS) is 1. The van der Waals surface area contributed by atoms with Gasteiger partial charge in [0.25, 0.3) is 0 Å². The summed E-state index contributed by atoms with van der Waals surface area (Å²) in [5.41, 5.74) is 5.35. The zero-order valence-electron chi connectivity index (χ0n) is 25.0. The van der Waals surface area contributed by atoms with Gasteiger partial charge in [-0.05, 0) is 86.2 Å². The number of fused-ring (bicyclic) bond motifs is 7. The number of carboxylic acids is 1. The van der Waals surface area contributed by atoms with Crippen LogP contribution in [0.25, 0.3) is 11.0 Å². The van der Waals surface area contributed by atoms with E-state index in [-0.39, 0.29) is 18.7 Å². The van der Waals surface area contributed by atoms with Crippen molar-refractivity contribution in [2.24, 2.45) is 0 Å². The van der Waals surface area contributed by atoms with E-state index < -0.39 is 28.2 Å². The Morgan fingerprint density at radius 3 is 2.68 bits per heavy atom. The molecular formula is C32H36N4O7S. The molecule has 4 heterocycles. The van der Waals surface area contributed by atoms with E-state index in [0.717, 1.165) is 60.0 Å². The Morgan fingerprint density at radius 2 is 1.89 bits per heavy atom. The Morgan fingerprint density at radius 1 is 1.07 bits per heavy atom. The fourth-order valence-electron chi connectivity index (χ4n) is 6.26. The van der Waals surface area contributed by atoms with Crippen LogP contribution in [0, 0.1) is 6.92 Å². The van der Waals surface area contributed by atoms with Crippen molar-refractivity contribution in [1.82, 2.24) is 19.3 Å². The molecular weight excluding hydrogens is 584 g/mol. The van der Waals surface area contributed by atoms with Crippen molar-refractivity contribution in [2.45, 2.75) is 71.0 Å². The molecule has 11 nitrogen and oxygen atoms in total. The zero-order chi connectivity index (χ0) is 31.0. The summed E-state index contributed by atoms with van der Waals surface area (Å²) in [7, 11) is -2.62. The smallest absolute Gasteiger partial charge is 0.386 e. The molecule has 12 heteroatoms. The molecule has 3 aromatic carbocycles. The summed E-state index contributed by atoms with van der Waals surface area (Å²) < 4.78 is 47.2. The van der Waals surface area contributed by atoms with Crippen LogP contribution in [0.3, 0.4) is 0 Å². The molecule has 7 rings (SSSR count). The number of carbonyl (C=O) groups is 1. The lowest BCUT2D eigenvalue weighted by atomic mass is 9.84. The maximum atomic E-state index is 13.4.